The average Bonchev–Trinajstić information content (AvgIpc) is 2.22. The fourth-order valence-corrected chi connectivity index (χ4v) is 2.72. The monoisotopic (exact) mass is 231 g/mol. The molecule has 1 saturated carbocycles. The van der Waals surface area contributed by atoms with Crippen LogP contribution in [0.25, 0.3) is 0 Å². The molecule has 1 unspecified atom stereocenters. The Balaban J connectivity index is 2.18. The fourth-order valence-electron chi connectivity index (χ4n) is 2.72. The van der Waals surface area contributed by atoms with Gasteiger partial charge in [-0.1, -0.05) is 64.3 Å². The molecule has 0 spiro atoms. The van der Waals surface area contributed by atoms with Gasteiger partial charge in [-0.25, -0.2) is 0 Å². The number of benzene rings is 1. The minimum atomic E-state index is 0.188. The van der Waals surface area contributed by atoms with E-state index in [2.05, 4.69) is 45.0 Å². The third kappa shape index (κ3) is 2.90. The second-order valence-electron chi connectivity index (χ2n) is 6.48. The summed E-state index contributed by atoms with van der Waals surface area (Å²) in [6.45, 7) is 6.80. The first-order valence-corrected chi connectivity index (χ1v) is 6.83. The molecule has 1 heteroatoms. The van der Waals surface area contributed by atoms with E-state index in [1.165, 1.54) is 30.4 Å². The van der Waals surface area contributed by atoms with Crippen LogP contribution in [-0.4, -0.2) is 0 Å². The predicted molar refractivity (Wildman–Crippen MR) is 74.0 cm³/mol. The Hall–Kier alpha value is -0.820. The van der Waals surface area contributed by atoms with Gasteiger partial charge in [0.2, 0.25) is 0 Å². The van der Waals surface area contributed by atoms with E-state index in [0.717, 1.165) is 12.3 Å². The van der Waals surface area contributed by atoms with Gasteiger partial charge in [-0.2, -0.15) is 0 Å². The van der Waals surface area contributed by atoms with Gasteiger partial charge in [-0.15, -0.1) is 0 Å². The lowest BCUT2D eigenvalue weighted by atomic mass is 9.76. The smallest absolute Gasteiger partial charge is 0.0300 e. The third-order valence-corrected chi connectivity index (χ3v) is 3.98. The molecule has 1 nitrogen and oxygen atoms in total. The lowest BCUT2D eigenvalue weighted by Crippen LogP contribution is -2.24. The topological polar surface area (TPSA) is 26.0 Å². The maximum Gasteiger partial charge on any atom is 0.0300 e. The Morgan fingerprint density at radius 1 is 1.24 bits per heavy atom. The summed E-state index contributed by atoms with van der Waals surface area (Å²) in [5, 5.41) is 0. The van der Waals surface area contributed by atoms with E-state index in [1.807, 2.05) is 0 Å². The van der Waals surface area contributed by atoms with Gasteiger partial charge >= 0.3 is 0 Å². The molecule has 0 amide bonds. The lowest BCUT2D eigenvalue weighted by Gasteiger charge is -2.31. The van der Waals surface area contributed by atoms with Gasteiger partial charge in [0.25, 0.3) is 0 Å². The fraction of sp³-hybridized carbons (Fsp3) is 0.625. The largest absolute Gasteiger partial charge is 0.324 e. The molecule has 2 N–H and O–H groups in total. The Morgan fingerprint density at radius 2 is 1.88 bits per heavy atom. The Labute approximate surface area is 105 Å². The van der Waals surface area contributed by atoms with Crippen molar-refractivity contribution >= 4 is 0 Å². The van der Waals surface area contributed by atoms with E-state index in [0.29, 0.717) is 0 Å². The highest BCUT2D eigenvalue weighted by Crippen LogP contribution is 2.36. The molecule has 0 radical (unpaired) electrons. The van der Waals surface area contributed by atoms with Gasteiger partial charge < -0.3 is 5.73 Å². The van der Waals surface area contributed by atoms with Crippen molar-refractivity contribution in [3.63, 3.8) is 0 Å². The van der Waals surface area contributed by atoms with Crippen LogP contribution in [0.15, 0.2) is 24.3 Å². The van der Waals surface area contributed by atoms with Crippen LogP contribution >= 0.6 is 0 Å². The van der Waals surface area contributed by atoms with E-state index in [9.17, 15) is 0 Å². The van der Waals surface area contributed by atoms with Crippen LogP contribution in [0.1, 0.15) is 63.6 Å². The zero-order valence-corrected chi connectivity index (χ0v) is 11.4. The van der Waals surface area contributed by atoms with E-state index < -0.39 is 0 Å². The van der Waals surface area contributed by atoms with Crippen molar-refractivity contribution < 1.29 is 0 Å². The minimum absolute atomic E-state index is 0.188. The zero-order chi connectivity index (χ0) is 12.5. The van der Waals surface area contributed by atoms with Crippen molar-refractivity contribution in [3.8, 4) is 0 Å². The molecule has 1 aliphatic carbocycles. The highest BCUT2D eigenvalue weighted by molar-refractivity contribution is 5.35. The van der Waals surface area contributed by atoms with Gasteiger partial charge in [0, 0.05) is 6.04 Å². The molecule has 1 aromatic rings. The summed E-state index contributed by atoms with van der Waals surface area (Å²) in [7, 11) is 0. The predicted octanol–water partition coefficient (Wildman–Crippen LogP) is 4.17. The van der Waals surface area contributed by atoms with Gasteiger partial charge in [-0.05, 0) is 28.9 Å². The van der Waals surface area contributed by atoms with Gasteiger partial charge in [0.15, 0.2) is 0 Å². The SMILES string of the molecule is CC(C)(C)c1ccccc1C(N)CC1CCC1. The second kappa shape index (κ2) is 4.81. The van der Waals surface area contributed by atoms with Crippen molar-refractivity contribution in [1.82, 2.24) is 0 Å². The van der Waals surface area contributed by atoms with Crippen LogP contribution in [0, 0.1) is 5.92 Å². The maximum absolute atomic E-state index is 6.40. The van der Waals surface area contributed by atoms with Crippen molar-refractivity contribution in [2.75, 3.05) is 0 Å². The lowest BCUT2D eigenvalue weighted by molar-refractivity contribution is 0.276. The molecule has 17 heavy (non-hydrogen) atoms. The third-order valence-electron chi connectivity index (χ3n) is 3.98. The number of hydrogen-bond acceptors (Lipinski definition) is 1. The molecule has 0 bridgehead atoms. The molecule has 0 aromatic heterocycles. The normalized spacial score (nSPS) is 18.8. The first-order chi connectivity index (χ1) is 7.98. The molecule has 0 heterocycles. The first-order valence-electron chi connectivity index (χ1n) is 6.83. The van der Waals surface area contributed by atoms with Gasteiger partial charge in [0.1, 0.15) is 0 Å². The van der Waals surface area contributed by atoms with Crippen molar-refractivity contribution in [1.29, 1.82) is 0 Å². The average molecular weight is 231 g/mol. The summed E-state index contributed by atoms with van der Waals surface area (Å²) in [5.74, 6) is 0.873. The van der Waals surface area contributed by atoms with E-state index in [4.69, 9.17) is 5.73 Å². The van der Waals surface area contributed by atoms with Crippen LogP contribution < -0.4 is 5.73 Å². The van der Waals surface area contributed by atoms with Crippen LogP contribution in [-0.2, 0) is 5.41 Å². The molecule has 0 saturated heterocycles. The molecular weight excluding hydrogens is 206 g/mol. The minimum Gasteiger partial charge on any atom is -0.324 e. The van der Waals surface area contributed by atoms with Crippen LogP contribution in [0.3, 0.4) is 0 Å². The zero-order valence-electron chi connectivity index (χ0n) is 11.4. The Bertz CT molecular complexity index is 371. The van der Waals surface area contributed by atoms with E-state index in [-0.39, 0.29) is 11.5 Å². The Kier molecular flexibility index (Phi) is 3.58. The second-order valence-corrected chi connectivity index (χ2v) is 6.48. The first kappa shape index (κ1) is 12.6. The van der Waals surface area contributed by atoms with Crippen LogP contribution in [0.4, 0.5) is 0 Å². The molecule has 1 aromatic carbocycles. The maximum atomic E-state index is 6.40. The molecule has 0 aliphatic heterocycles. The highest BCUT2D eigenvalue weighted by atomic mass is 14.6. The summed E-state index contributed by atoms with van der Waals surface area (Å²) in [4.78, 5) is 0. The summed E-state index contributed by atoms with van der Waals surface area (Å²) in [6, 6.07) is 8.90. The summed E-state index contributed by atoms with van der Waals surface area (Å²) in [6.07, 6.45) is 5.32. The molecule has 94 valence electrons. The number of hydrogen-bond donors (Lipinski definition) is 1. The number of nitrogens with two attached hydrogens (primary N) is 1. The number of rotatable bonds is 3. The van der Waals surface area contributed by atoms with E-state index >= 15 is 0 Å². The molecule has 1 aliphatic rings. The summed E-state index contributed by atoms with van der Waals surface area (Å²) >= 11 is 0. The van der Waals surface area contributed by atoms with Crippen molar-refractivity contribution in [2.45, 2.75) is 57.9 Å². The van der Waals surface area contributed by atoms with E-state index in [1.54, 1.807) is 0 Å². The quantitative estimate of drug-likeness (QED) is 0.830. The molecular formula is C16H25N. The molecule has 2 rings (SSSR count). The molecule has 1 fully saturated rings. The summed E-state index contributed by atoms with van der Waals surface area (Å²) < 4.78 is 0. The van der Waals surface area contributed by atoms with Crippen LogP contribution in [0.5, 0.6) is 0 Å². The molecule has 1 atom stereocenters. The van der Waals surface area contributed by atoms with Crippen molar-refractivity contribution in [2.24, 2.45) is 11.7 Å². The van der Waals surface area contributed by atoms with Gasteiger partial charge in [-0.3, -0.25) is 0 Å². The van der Waals surface area contributed by atoms with Gasteiger partial charge in [0.05, 0.1) is 0 Å². The van der Waals surface area contributed by atoms with Crippen molar-refractivity contribution in [3.05, 3.63) is 35.4 Å². The Morgan fingerprint density at radius 3 is 2.41 bits per heavy atom. The standard InChI is InChI=1S/C16H25N/c1-16(2,3)14-10-5-4-9-13(14)15(17)11-12-7-6-8-12/h4-5,9-10,12,15H,6-8,11,17H2,1-3H3. The summed E-state index contributed by atoms with van der Waals surface area (Å²) in [5.41, 5.74) is 9.35. The highest BCUT2D eigenvalue weighted by Gasteiger charge is 2.25. The van der Waals surface area contributed by atoms with Crippen LogP contribution in [0.2, 0.25) is 0 Å².